The molecule has 0 bridgehead atoms. The molecule has 1 saturated heterocycles. The zero-order valence-corrected chi connectivity index (χ0v) is 15.0. The standard InChI is InChI=1S/C19H19FN2O3S/c20-12-3-4-16-14(7-12)15(9-17(21-16)11-1-2-11)19(25)22-5-6-26-10-13(22)8-18(23)24/h3-4,7,9,11,13H,1-2,5-6,8,10H2,(H,23,24). The number of nitrogens with zero attached hydrogens (tertiary/aromatic N) is 2. The summed E-state index contributed by atoms with van der Waals surface area (Å²) in [6, 6.07) is 5.73. The Morgan fingerprint density at radius 1 is 1.31 bits per heavy atom. The number of amides is 1. The quantitative estimate of drug-likeness (QED) is 0.889. The Bertz CT molecular complexity index is 884. The lowest BCUT2D eigenvalue weighted by Gasteiger charge is -2.35. The predicted molar refractivity (Wildman–Crippen MR) is 98.1 cm³/mol. The van der Waals surface area contributed by atoms with Gasteiger partial charge in [0, 0.05) is 35.0 Å². The van der Waals surface area contributed by atoms with E-state index in [9.17, 15) is 14.0 Å². The molecular formula is C19H19FN2O3S. The van der Waals surface area contributed by atoms with Crippen molar-refractivity contribution in [2.24, 2.45) is 0 Å². The van der Waals surface area contributed by atoms with Gasteiger partial charge in [0.2, 0.25) is 0 Å². The molecule has 1 aliphatic heterocycles. The number of aromatic nitrogens is 1. The van der Waals surface area contributed by atoms with Crippen LogP contribution in [0, 0.1) is 5.82 Å². The third kappa shape index (κ3) is 3.40. The Morgan fingerprint density at radius 2 is 2.12 bits per heavy atom. The Kier molecular flexibility index (Phi) is 4.56. The van der Waals surface area contributed by atoms with Gasteiger partial charge in [0.05, 0.1) is 23.5 Å². The van der Waals surface area contributed by atoms with Crippen LogP contribution in [0.1, 0.15) is 41.2 Å². The molecule has 1 amide bonds. The van der Waals surface area contributed by atoms with Gasteiger partial charge in [-0.05, 0) is 37.1 Å². The maximum Gasteiger partial charge on any atom is 0.305 e. The number of carboxylic acid groups (broad SMARTS) is 1. The summed E-state index contributed by atoms with van der Waals surface area (Å²) in [6.45, 7) is 0.499. The number of hydrogen-bond acceptors (Lipinski definition) is 4. The number of carbonyl (C=O) groups is 2. The van der Waals surface area contributed by atoms with Crippen molar-refractivity contribution in [1.82, 2.24) is 9.88 Å². The average molecular weight is 374 g/mol. The maximum atomic E-state index is 13.8. The highest BCUT2D eigenvalue weighted by Gasteiger charge is 2.32. The molecule has 1 N–H and O–H groups in total. The first-order valence-electron chi connectivity index (χ1n) is 8.73. The lowest BCUT2D eigenvalue weighted by atomic mass is 10.0. The molecule has 4 rings (SSSR count). The Labute approximate surface area is 154 Å². The number of rotatable bonds is 4. The van der Waals surface area contributed by atoms with Gasteiger partial charge in [-0.25, -0.2) is 4.39 Å². The van der Waals surface area contributed by atoms with Crippen LogP contribution in [0.4, 0.5) is 4.39 Å². The molecule has 1 unspecified atom stereocenters. The van der Waals surface area contributed by atoms with E-state index in [-0.39, 0.29) is 18.4 Å². The van der Waals surface area contributed by atoms with E-state index in [0.29, 0.717) is 34.7 Å². The van der Waals surface area contributed by atoms with E-state index in [0.717, 1.165) is 24.3 Å². The van der Waals surface area contributed by atoms with Gasteiger partial charge < -0.3 is 10.0 Å². The zero-order valence-electron chi connectivity index (χ0n) is 14.2. The van der Waals surface area contributed by atoms with Crippen LogP contribution in [0.15, 0.2) is 24.3 Å². The number of pyridine rings is 1. The lowest BCUT2D eigenvalue weighted by Crippen LogP contribution is -2.47. The molecule has 2 aliphatic rings. The van der Waals surface area contributed by atoms with Crippen molar-refractivity contribution in [3.63, 3.8) is 0 Å². The number of hydrogen-bond donors (Lipinski definition) is 1. The summed E-state index contributed by atoms with van der Waals surface area (Å²) < 4.78 is 13.8. The predicted octanol–water partition coefficient (Wildman–Crippen LogP) is 3.28. The largest absolute Gasteiger partial charge is 0.481 e. The Hall–Kier alpha value is -2.15. The van der Waals surface area contributed by atoms with E-state index in [1.165, 1.54) is 12.1 Å². The lowest BCUT2D eigenvalue weighted by molar-refractivity contribution is -0.138. The minimum Gasteiger partial charge on any atom is -0.481 e. The molecule has 26 heavy (non-hydrogen) atoms. The van der Waals surface area contributed by atoms with Crippen molar-refractivity contribution in [1.29, 1.82) is 0 Å². The van der Waals surface area contributed by atoms with Crippen LogP contribution in [0.3, 0.4) is 0 Å². The number of fused-ring (bicyclic) bond motifs is 1. The van der Waals surface area contributed by atoms with Gasteiger partial charge in [0.25, 0.3) is 5.91 Å². The molecular weight excluding hydrogens is 355 g/mol. The van der Waals surface area contributed by atoms with E-state index in [4.69, 9.17) is 5.11 Å². The molecule has 7 heteroatoms. The van der Waals surface area contributed by atoms with Crippen molar-refractivity contribution >= 4 is 34.5 Å². The van der Waals surface area contributed by atoms with Gasteiger partial charge in [-0.1, -0.05) is 0 Å². The van der Waals surface area contributed by atoms with Gasteiger partial charge in [0.1, 0.15) is 5.82 Å². The van der Waals surface area contributed by atoms with Crippen molar-refractivity contribution in [3.05, 3.63) is 41.3 Å². The molecule has 1 aromatic heterocycles. The van der Waals surface area contributed by atoms with Gasteiger partial charge in [0.15, 0.2) is 0 Å². The first-order chi connectivity index (χ1) is 12.5. The van der Waals surface area contributed by atoms with Crippen LogP contribution in [0.2, 0.25) is 0 Å². The number of thioether (sulfide) groups is 1. The van der Waals surface area contributed by atoms with E-state index < -0.39 is 11.8 Å². The number of halogens is 1. The first kappa shape index (κ1) is 17.3. The topological polar surface area (TPSA) is 70.5 Å². The van der Waals surface area contributed by atoms with Crippen LogP contribution in [0.5, 0.6) is 0 Å². The summed E-state index contributed by atoms with van der Waals surface area (Å²) in [4.78, 5) is 30.7. The third-order valence-electron chi connectivity index (χ3n) is 4.92. The second-order valence-corrected chi connectivity index (χ2v) is 8.01. The van der Waals surface area contributed by atoms with Crippen LogP contribution >= 0.6 is 11.8 Å². The fraction of sp³-hybridized carbons (Fsp3) is 0.421. The number of carboxylic acids is 1. The van der Waals surface area contributed by atoms with Crippen LogP contribution in [0.25, 0.3) is 10.9 Å². The monoisotopic (exact) mass is 374 g/mol. The molecule has 0 spiro atoms. The molecule has 1 aliphatic carbocycles. The summed E-state index contributed by atoms with van der Waals surface area (Å²) in [5, 5.41) is 9.65. The molecule has 2 aromatic rings. The summed E-state index contributed by atoms with van der Waals surface area (Å²) in [5.41, 5.74) is 1.91. The molecule has 2 heterocycles. The van der Waals surface area contributed by atoms with Crippen molar-refractivity contribution in [3.8, 4) is 0 Å². The summed E-state index contributed by atoms with van der Waals surface area (Å²) in [5.74, 6) is 0.183. The summed E-state index contributed by atoms with van der Waals surface area (Å²) >= 11 is 1.66. The van der Waals surface area contributed by atoms with Crippen LogP contribution < -0.4 is 0 Å². The van der Waals surface area contributed by atoms with Crippen LogP contribution in [-0.4, -0.2) is 51.0 Å². The van der Waals surface area contributed by atoms with Gasteiger partial charge >= 0.3 is 5.97 Å². The van der Waals surface area contributed by atoms with Crippen molar-refractivity contribution in [2.45, 2.75) is 31.2 Å². The van der Waals surface area contributed by atoms with E-state index in [1.54, 1.807) is 28.8 Å². The van der Waals surface area contributed by atoms with E-state index in [2.05, 4.69) is 4.98 Å². The highest BCUT2D eigenvalue weighted by atomic mass is 32.2. The van der Waals surface area contributed by atoms with E-state index in [1.807, 2.05) is 0 Å². The second kappa shape index (κ2) is 6.87. The van der Waals surface area contributed by atoms with Gasteiger partial charge in [-0.2, -0.15) is 11.8 Å². The summed E-state index contributed by atoms with van der Waals surface area (Å²) in [6.07, 6.45) is 2.02. The highest BCUT2D eigenvalue weighted by Crippen LogP contribution is 2.40. The minimum atomic E-state index is -0.917. The molecule has 2 fully saturated rings. The number of aliphatic carboxylic acids is 1. The van der Waals surface area contributed by atoms with Crippen molar-refractivity contribution < 1.29 is 19.1 Å². The SMILES string of the molecule is O=C(O)CC1CSCCN1C(=O)c1cc(C2CC2)nc2ccc(F)cc12. The average Bonchev–Trinajstić information content (AvgIpc) is 3.45. The zero-order chi connectivity index (χ0) is 18.3. The minimum absolute atomic E-state index is 0.0778. The van der Waals surface area contributed by atoms with Crippen molar-refractivity contribution in [2.75, 3.05) is 18.1 Å². The Balaban J connectivity index is 1.77. The highest BCUT2D eigenvalue weighted by molar-refractivity contribution is 7.99. The smallest absolute Gasteiger partial charge is 0.305 e. The second-order valence-electron chi connectivity index (χ2n) is 6.86. The molecule has 1 atom stereocenters. The molecule has 136 valence electrons. The fourth-order valence-electron chi connectivity index (χ4n) is 3.43. The number of benzene rings is 1. The van der Waals surface area contributed by atoms with Gasteiger partial charge in [-0.15, -0.1) is 0 Å². The summed E-state index contributed by atoms with van der Waals surface area (Å²) in [7, 11) is 0. The molecule has 5 nitrogen and oxygen atoms in total. The normalized spacial score (nSPS) is 20.3. The third-order valence-corrected chi connectivity index (χ3v) is 6.01. The van der Waals surface area contributed by atoms with E-state index >= 15 is 0 Å². The molecule has 0 radical (unpaired) electrons. The maximum absolute atomic E-state index is 13.8. The molecule has 1 aromatic carbocycles. The first-order valence-corrected chi connectivity index (χ1v) is 9.89. The van der Waals surface area contributed by atoms with Gasteiger partial charge in [-0.3, -0.25) is 14.6 Å². The van der Waals surface area contributed by atoms with Crippen LogP contribution in [-0.2, 0) is 4.79 Å². The Morgan fingerprint density at radius 3 is 2.85 bits per heavy atom. The fourth-order valence-corrected chi connectivity index (χ4v) is 4.49. The molecule has 1 saturated carbocycles. The number of carbonyl (C=O) groups excluding carboxylic acids is 1.